The van der Waals surface area contributed by atoms with Gasteiger partial charge in [-0.25, -0.2) is 9.59 Å². The molecule has 3 N–H and O–H groups in total. The number of carboxylic acid groups (broad SMARTS) is 1. The van der Waals surface area contributed by atoms with Crippen molar-refractivity contribution in [3.8, 4) is 0 Å². The average molecular weight is 268 g/mol. The van der Waals surface area contributed by atoms with Crippen molar-refractivity contribution in [1.29, 1.82) is 0 Å². The lowest BCUT2D eigenvalue weighted by Gasteiger charge is -2.29. The molecule has 5 heteroatoms. The van der Waals surface area contributed by atoms with Gasteiger partial charge in [0.25, 0.3) is 0 Å². The van der Waals surface area contributed by atoms with Crippen LogP contribution in [0.2, 0.25) is 0 Å². The second-order valence-electron chi connectivity index (χ2n) is 6.96. The van der Waals surface area contributed by atoms with Gasteiger partial charge >= 0.3 is 12.0 Å². The van der Waals surface area contributed by atoms with Crippen molar-refractivity contribution in [2.45, 2.75) is 58.5 Å². The molecule has 0 saturated heterocycles. The highest BCUT2D eigenvalue weighted by molar-refractivity contribution is 5.83. The Morgan fingerprint density at radius 3 is 1.84 bits per heavy atom. The third-order valence-electron chi connectivity index (χ3n) is 3.95. The first-order valence-corrected chi connectivity index (χ1v) is 7.09. The van der Waals surface area contributed by atoms with Gasteiger partial charge in [-0.15, -0.1) is 0 Å². The van der Waals surface area contributed by atoms with Gasteiger partial charge in [-0.05, 0) is 42.9 Å². The van der Waals surface area contributed by atoms with Gasteiger partial charge in [-0.1, -0.05) is 20.8 Å². The molecule has 2 aliphatic rings. The molecule has 0 heterocycles. The number of carbonyl (C=O) groups excluding carboxylic acids is 1. The van der Waals surface area contributed by atoms with Crippen LogP contribution in [0.4, 0.5) is 4.79 Å². The molecule has 2 rings (SSSR count). The predicted octanol–water partition coefficient (Wildman–Crippen LogP) is 1.97. The van der Waals surface area contributed by atoms with Crippen molar-refractivity contribution >= 4 is 12.0 Å². The fraction of sp³-hybridized carbons (Fsp3) is 0.857. The van der Waals surface area contributed by atoms with E-state index in [1.807, 2.05) is 20.8 Å². The number of aliphatic carboxylic acids is 1. The fourth-order valence-electron chi connectivity index (χ4n) is 2.50. The van der Waals surface area contributed by atoms with E-state index in [-0.39, 0.29) is 12.1 Å². The van der Waals surface area contributed by atoms with E-state index in [0.29, 0.717) is 11.8 Å². The lowest BCUT2D eigenvalue weighted by molar-refractivity contribution is -0.141. The van der Waals surface area contributed by atoms with Crippen LogP contribution >= 0.6 is 0 Å². The molecule has 1 atom stereocenters. The zero-order valence-electron chi connectivity index (χ0n) is 11.9. The standard InChI is InChI=1S/C14H24N2O3/c1-14(2,3)11(12(17)18)16-13(19)15-10(8-4-5-8)9-6-7-9/h8-11H,4-7H2,1-3H3,(H,17,18)(H2,15,16,19)/t11-/m1/s1. The Balaban J connectivity index is 1.89. The molecular weight excluding hydrogens is 244 g/mol. The maximum atomic E-state index is 12.0. The average Bonchev–Trinajstić information content (AvgIpc) is 3.14. The maximum absolute atomic E-state index is 12.0. The normalized spacial score (nSPS) is 21.1. The topological polar surface area (TPSA) is 78.4 Å². The lowest BCUT2D eigenvalue weighted by atomic mass is 9.87. The Morgan fingerprint density at radius 2 is 1.53 bits per heavy atom. The molecule has 19 heavy (non-hydrogen) atoms. The number of urea groups is 1. The summed E-state index contributed by atoms with van der Waals surface area (Å²) >= 11 is 0. The number of carboxylic acids is 1. The van der Waals surface area contributed by atoms with Crippen LogP contribution in [-0.2, 0) is 4.79 Å². The monoisotopic (exact) mass is 268 g/mol. The summed E-state index contributed by atoms with van der Waals surface area (Å²) in [6.07, 6.45) is 4.73. The second kappa shape index (κ2) is 5.02. The van der Waals surface area contributed by atoms with Crippen LogP contribution in [0.3, 0.4) is 0 Å². The van der Waals surface area contributed by atoms with Gasteiger partial charge < -0.3 is 15.7 Å². The van der Waals surface area contributed by atoms with Crippen LogP contribution in [0.15, 0.2) is 0 Å². The molecule has 2 saturated carbocycles. The van der Waals surface area contributed by atoms with Gasteiger partial charge in [-0.2, -0.15) is 0 Å². The maximum Gasteiger partial charge on any atom is 0.326 e. The van der Waals surface area contributed by atoms with Gasteiger partial charge in [-0.3, -0.25) is 0 Å². The van der Waals surface area contributed by atoms with Gasteiger partial charge in [0, 0.05) is 6.04 Å². The highest BCUT2D eigenvalue weighted by Crippen LogP contribution is 2.44. The minimum atomic E-state index is -0.989. The molecule has 0 radical (unpaired) electrons. The summed E-state index contributed by atoms with van der Waals surface area (Å²) in [4.78, 5) is 23.2. The SMILES string of the molecule is CC(C)(C)[C@H](NC(=O)NC(C1CC1)C1CC1)C(=O)O. The number of hydrogen-bond acceptors (Lipinski definition) is 2. The molecule has 0 aromatic carbocycles. The van der Waals surface area contributed by atoms with Crippen LogP contribution in [-0.4, -0.2) is 29.2 Å². The number of nitrogens with one attached hydrogen (secondary N) is 2. The minimum absolute atomic E-state index is 0.245. The molecule has 2 aliphatic carbocycles. The molecule has 0 spiro atoms. The van der Waals surface area contributed by atoms with E-state index in [0.717, 1.165) is 0 Å². The first-order chi connectivity index (χ1) is 8.79. The molecule has 0 bridgehead atoms. The van der Waals surface area contributed by atoms with Crippen LogP contribution < -0.4 is 10.6 Å². The van der Waals surface area contributed by atoms with E-state index in [1.54, 1.807) is 0 Å². The molecule has 2 fully saturated rings. The van der Waals surface area contributed by atoms with Crippen LogP contribution in [0, 0.1) is 17.3 Å². The number of carbonyl (C=O) groups is 2. The van der Waals surface area contributed by atoms with E-state index >= 15 is 0 Å². The van der Waals surface area contributed by atoms with Crippen molar-refractivity contribution in [2.24, 2.45) is 17.3 Å². The Morgan fingerprint density at radius 1 is 1.05 bits per heavy atom. The van der Waals surface area contributed by atoms with Crippen molar-refractivity contribution in [1.82, 2.24) is 10.6 Å². The summed E-state index contributed by atoms with van der Waals surface area (Å²) in [7, 11) is 0. The molecule has 0 aromatic rings. The van der Waals surface area contributed by atoms with E-state index in [4.69, 9.17) is 0 Å². The fourth-order valence-corrected chi connectivity index (χ4v) is 2.50. The van der Waals surface area contributed by atoms with Crippen molar-refractivity contribution in [3.05, 3.63) is 0 Å². The predicted molar refractivity (Wildman–Crippen MR) is 71.8 cm³/mol. The number of hydrogen-bond donors (Lipinski definition) is 3. The zero-order valence-corrected chi connectivity index (χ0v) is 11.9. The lowest BCUT2D eigenvalue weighted by Crippen LogP contribution is -2.54. The quantitative estimate of drug-likeness (QED) is 0.713. The van der Waals surface area contributed by atoms with Gasteiger partial charge in [0.2, 0.25) is 0 Å². The van der Waals surface area contributed by atoms with Crippen LogP contribution in [0.1, 0.15) is 46.5 Å². The Kier molecular flexibility index (Phi) is 3.74. The summed E-state index contributed by atoms with van der Waals surface area (Å²) in [5, 5.41) is 14.8. The van der Waals surface area contributed by atoms with E-state index in [2.05, 4.69) is 10.6 Å². The molecule has 0 unspecified atom stereocenters. The molecule has 0 aliphatic heterocycles. The van der Waals surface area contributed by atoms with E-state index < -0.39 is 17.4 Å². The third-order valence-corrected chi connectivity index (χ3v) is 3.95. The van der Waals surface area contributed by atoms with Crippen molar-refractivity contribution < 1.29 is 14.7 Å². The number of amides is 2. The molecule has 5 nitrogen and oxygen atoms in total. The summed E-state index contributed by atoms with van der Waals surface area (Å²) in [6.45, 7) is 5.43. The summed E-state index contributed by atoms with van der Waals surface area (Å²) in [5.74, 6) is 0.226. The number of rotatable bonds is 5. The summed E-state index contributed by atoms with van der Waals surface area (Å²) < 4.78 is 0. The van der Waals surface area contributed by atoms with E-state index in [9.17, 15) is 14.7 Å². The third kappa shape index (κ3) is 3.85. The zero-order chi connectivity index (χ0) is 14.2. The molecular formula is C14H24N2O3. The van der Waals surface area contributed by atoms with E-state index in [1.165, 1.54) is 25.7 Å². The van der Waals surface area contributed by atoms with Crippen molar-refractivity contribution in [3.63, 3.8) is 0 Å². The molecule has 2 amide bonds. The van der Waals surface area contributed by atoms with Crippen molar-refractivity contribution in [2.75, 3.05) is 0 Å². The summed E-state index contributed by atoms with van der Waals surface area (Å²) in [5.41, 5.74) is -0.502. The first kappa shape index (κ1) is 14.2. The Labute approximate surface area is 114 Å². The van der Waals surface area contributed by atoms with Crippen LogP contribution in [0.25, 0.3) is 0 Å². The van der Waals surface area contributed by atoms with Gasteiger partial charge in [0.05, 0.1) is 0 Å². The van der Waals surface area contributed by atoms with Crippen LogP contribution in [0.5, 0.6) is 0 Å². The highest BCUT2D eigenvalue weighted by atomic mass is 16.4. The minimum Gasteiger partial charge on any atom is -0.480 e. The summed E-state index contributed by atoms with van der Waals surface area (Å²) in [6, 6.07) is -0.966. The largest absolute Gasteiger partial charge is 0.480 e. The highest BCUT2D eigenvalue weighted by Gasteiger charge is 2.43. The Bertz CT molecular complexity index is 355. The first-order valence-electron chi connectivity index (χ1n) is 7.09. The molecule has 108 valence electrons. The van der Waals surface area contributed by atoms with Gasteiger partial charge in [0.1, 0.15) is 6.04 Å². The Hall–Kier alpha value is -1.26. The molecule has 0 aromatic heterocycles. The van der Waals surface area contributed by atoms with Gasteiger partial charge in [0.15, 0.2) is 0 Å². The second-order valence-corrected chi connectivity index (χ2v) is 6.96. The smallest absolute Gasteiger partial charge is 0.326 e.